The van der Waals surface area contributed by atoms with Gasteiger partial charge in [0, 0.05) is 0 Å². The number of para-hydroxylation sites is 1. The molecule has 1 aliphatic rings. The summed E-state index contributed by atoms with van der Waals surface area (Å²) < 4.78 is 27.3. The van der Waals surface area contributed by atoms with Crippen LogP contribution in [0.25, 0.3) is 0 Å². The lowest BCUT2D eigenvalue weighted by molar-refractivity contribution is 0.231. The number of methoxy groups -OCH3 is 1. The highest BCUT2D eigenvalue weighted by atomic mass is 19.1. The molecule has 0 unspecified atom stereocenters. The van der Waals surface area contributed by atoms with E-state index in [1.54, 1.807) is 18.2 Å². The maximum atomic E-state index is 12.6. The second-order valence-corrected chi connectivity index (χ2v) is 2.43. The van der Waals surface area contributed by atoms with Crippen LogP contribution in [0.4, 0.5) is 4.39 Å². The van der Waals surface area contributed by atoms with Crippen LogP contribution in [0.2, 0.25) is 0 Å². The number of rotatable bonds is 1. The predicted molar refractivity (Wildman–Crippen MR) is 43.4 cm³/mol. The zero-order chi connectivity index (χ0) is 9.26. The first-order valence-electron chi connectivity index (χ1n) is 3.68. The number of fused-ring (bicyclic) bond motifs is 1. The van der Waals surface area contributed by atoms with Crippen LogP contribution in [-0.4, -0.2) is 7.11 Å². The zero-order valence-electron chi connectivity index (χ0n) is 6.91. The van der Waals surface area contributed by atoms with Gasteiger partial charge in [-0.2, -0.15) is 4.39 Å². The topological polar surface area (TPSA) is 27.7 Å². The highest BCUT2D eigenvalue weighted by molar-refractivity contribution is 5.52. The van der Waals surface area contributed by atoms with Gasteiger partial charge in [0.05, 0.1) is 7.11 Å². The third-order valence-electron chi connectivity index (χ3n) is 1.64. The molecule has 0 radical (unpaired) electrons. The van der Waals surface area contributed by atoms with Crippen LogP contribution in [0.3, 0.4) is 0 Å². The van der Waals surface area contributed by atoms with E-state index in [1.165, 1.54) is 7.11 Å². The summed E-state index contributed by atoms with van der Waals surface area (Å²) in [6, 6.07) is 4.29. The fourth-order valence-corrected chi connectivity index (χ4v) is 1.08. The second-order valence-electron chi connectivity index (χ2n) is 2.43. The molecule has 0 fully saturated rings. The van der Waals surface area contributed by atoms with Gasteiger partial charge in [-0.3, -0.25) is 0 Å². The predicted octanol–water partition coefficient (Wildman–Crippen LogP) is 2.23. The summed E-state index contributed by atoms with van der Waals surface area (Å²) in [6.45, 7) is 0. The van der Waals surface area contributed by atoms with Crippen LogP contribution >= 0.6 is 0 Å². The summed E-state index contributed by atoms with van der Waals surface area (Å²) in [6.07, 6.45) is 0.905. The third-order valence-corrected chi connectivity index (χ3v) is 1.64. The largest absolute Gasteiger partial charge is 0.493 e. The second kappa shape index (κ2) is 2.97. The van der Waals surface area contributed by atoms with Gasteiger partial charge in [-0.05, 0) is 12.1 Å². The van der Waals surface area contributed by atoms with Crippen molar-refractivity contribution in [2.75, 3.05) is 7.11 Å². The molecule has 0 amide bonds. The molecular formula is C9H7FO3. The summed E-state index contributed by atoms with van der Waals surface area (Å²) >= 11 is 0. The standard InChI is InChI=1S/C9H7FO3/c1-11-6-3-2-4-7-9(6)13-8(10)5-12-7/h2-5H,1H3. The molecule has 1 aliphatic heterocycles. The summed E-state index contributed by atoms with van der Waals surface area (Å²) in [7, 11) is 1.48. The van der Waals surface area contributed by atoms with Crippen molar-refractivity contribution < 1.29 is 18.6 Å². The van der Waals surface area contributed by atoms with Crippen molar-refractivity contribution in [2.24, 2.45) is 0 Å². The van der Waals surface area contributed by atoms with E-state index < -0.39 is 6.01 Å². The normalized spacial score (nSPS) is 13.5. The summed E-state index contributed by atoms with van der Waals surface area (Å²) in [5, 5.41) is 0. The lowest BCUT2D eigenvalue weighted by Crippen LogP contribution is -2.02. The van der Waals surface area contributed by atoms with Crippen molar-refractivity contribution in [1.82, 2.24) is 0 Å². The Kier molecular flexibility index (Phi) is 1.81. The van der Waals surface area contributed by atoms with Gasteiger partial charge in [-0.1, -0.05) is 6.07 Å². The van der Waals surface area contributed by atoms with Crippen LogP contribution in [0.5, 0.6) is 17.2 Å². The molecule has 0 N–H and O–H groups in total. The minimum absolute atomic E-state index is 0.269. The van der Waals surface area contributed by atoms with Gasteiger partial charge in [0.15, 0.2) is 17.8 Å². The maximum Gasteiger partial charge on any atom is 0.314 e. The summed E-state index contributed by atoms with van der Waals surface area (Å²) in [5.74, 6) is 1.16. The number of hydrogen-bond donors (Lipinski definition) is 0. The third kappa shape index (κ3) is 1.30. The Balaban J connectivity index is 2.46. The molecule has 0 aliphatic carbocycles. The quantitative estimate of drug-likeness (QED) is 0.666. The van der Waals surface area contributed by atoms with Crippen LogP contribution in [-0.2, 0) is 0 Å². The number of halogens is 1. The lowest BCUT2D eigenvalue weighted by atomic mass is 10.3. The molecule has 2 rings (SSSR count). The van der Waals surface area contributed by atoms with Gasteiger partial charge in [-0.25, -0.2) is 0 Å². The molecule has 1 aromatic carbocycles. The summed E-state index contributed by atoms with van der Waals surface area (Å²) in [5.41, 5.74) is 0. The van der Waals surface area contributed by atoms with Crippen molar-refractivity contribution in [3.05, 3.63) is 30.5 Å². The van der Waals surface area contributed by atoms with Gasteiger partial charge < -0.3 is 14.2 Å². The Morgan fingerprint density at radius 3 is 3.00 bits per heavy atom. The number of ether oxygens (including phenoxy) is 3. The Bertz CT molecular complexity index is 360. The molecule has 68 valence electrons. The first-order chi connectivity index (χ1) is 6.31. The molecule has 0 saturated heterocycles. The fourth-order valence-electron chi connectivity index (χ4n) is 1.08. The molecule has 0 saturated carbocycles. The zero-order valence-corrected chi connectivity index (χ0v) is 6.91. The number of hydrogen-bond acceptors (Lipinski definition) is 3. The van der Waals surface area contributed by atoms with Crippen molar-refractivity contribution in [2.45, 2.75) is 0 Å². The minimum atomic E-state index is -0.781. The van der Waals surface area contributed by atoms with E-state index in [0.717, 1.165) is 6.26 Å². The van der Waals surface area contributed by atoms with Gasteiger partial charge in [0.2, 0.25) is 5.75 Å². The van der Waals surface area contributed by atoms with Crippen molar-refractivity contribution in [3.63, 3.8) is 0 Å². The van der Waals surface area contributed by atoms with E-state index in [4.69, 9.17) is 14.2 Å². The van der Waals surface area contributed by atoms with E-state index in [9.17, 15) is 4.39 Å². The van der Waals surface area contributed by atoms with E-state index in [-0.39, 0.29) is 5.75 Å². The van der Waals surface area contributed by atoms with Crippen LogP contribution in [0, 0.1) is 0 Å². The van der Waals surface area contributed by atoms with Gasteiger partial charge in [0.25, 0.3) is 0 Å². The highest BCUT2D eigenvalue weighted by Crippen LogP contribution is 2.40. The van der Waals surface area contributed by atoms with Gasteiger partial charge in [-0.15, -0.1) is 0 Å². The molecule has 0 bridgehead atoms. The molecule has 3 nitrogen and oxygen atoms in total. The number of benzene rings is 1. The smallest absolute Gasteiger partial charge is 0.314 e. The molecule has 0 atom stereocenters. The van der Waals surface area contributed by atoms with Crippen LogP contribution in [0.1, 0.15) is 0 Å². The van der Waals surface area contributed by atoms with Crippen LogP contribution < -0.4 is 14.2 Å². The van der Waals surface area contributed by atoms with E-state index in [0.29, 0.717) is 11.5 Å². The highest BCUT2D eigenvalue weighted by Gasteiger charge is 2.17. The van der Waals surface area contributed by atoms with Crippen LogP contribution in [0.15, 0.2) is 30.5 Å². The summed E-state index contributed by atoms with van der Waals surface area (Å²) in [4.78, 5) is 0. The van der Waals surface area contributed by atoms with Crippen molar-refractivity contribution in [1.29, 1.82) is 0 Å². The first-order valence-corrected chi connectivity index (χ1v) is 3.68. The van der Waals surface area contributed by atoms with Crippen molar-refractivity contribution >= 4 is 0 Å². The fraction of sp³-hybridized carbons (Fsp3) is 0.111. The first kappa shape index (κ1) is 7.91. The van der Waals surface area contributed by atoms with E-state index >= 15 is 0 Å². The Morgan fingerprint density at radius 2 is 2.23 bits per heavy atom. The SMILES string of the molecule is COc1cccc2c1OC(F)=CO2. The average Bonchev–Trinajstić information content (AvgIpc) is 2.17. The molecule has 0 aromatic heterocycles. The molecule has 1 aromatic rings. The Hall–Kier alpha value is -1.71. The average molecular weight is 182 g/mol. The molecule has 4 heteroatoms. The van der Waals surface area contributed by atoms with Gasteiger partial charge in [0.1, 0.15) is 0 Å². The Labute approximate surface area is 74.3 Å². The van der Waals surface area contributed by atoms with E-state index in [2.05, 4.69) is 0 Å². The molecule has 13 heavy (non-hydrogen) atoms. The molecule has 0 spiro atoms. The lowest BCUT2D eigenvalue weighted by Gasteiger charge is -2.15. The maximum absolute atomic E-state index is 12.6. The Morgan fingerprint density at radius 1 is 1.38 bits per heavy atom. The molecule has 1 heterocycles. The van der Waals surface area contributed by atoms with Crippen molar-refractivity contribution in [3.8, 4) is 17.2 Å². The molecular weight excluding hydrogens is 175 g/mol. The van der Waals surface area contributed by atoms with Gasteiger partial charge >= 0.3 is 6.01 Å². The monoisotopic (exact) mass is 182 g/mol. The van der Waals surface area contributed by atoms with E-state index in [1.807, 2.05) is 0 Å². The minimum Gasteiger partial charge on any atom is -0.493 e.